The highest BCUT2D eigenvalue weighted by Crippen LogP contribution is 2.41. The van der Waals surface area contributed by atoms with Gasteiger partial charge >= 0.3 is 0 Å². The predicted molar refractivity (Wildman–Crippen MR) is 75.6 cm³/mol. The molecule has 0 saturated heterocycles. The smallest absolute Gasteiger partial charge is 0.157 e. The van der Waals surface area contributed by atoms with Crippen molar-refractivity contribution in [3.05, 3.63) is 0 Å². The third kappa shape index (κ3) is 2.98. The number of nitrogens with zero attached hydrogens (tertiary/aromatic N) is 1. The fraction of sp³-hybridized carbons (Fsp3) is 0.929. The maximum absolute atomic E-state index is 4.68. The second-order valence-corrected chi connectivity index (χ2v) is 7.20. The minimum Gasteiger partial charge on any atom is -0.362 e. The van der Waals surface area contributed by atoms with E-state index in [0.29, 0.717) is 6.04 Å². The highest BCUT2D eigenvalue weighted by molar-refractivity contribution is 8.14. The van der Waals surface area contributed by atoms with Crippen molar-refractivity contribution in [3.63, 3.8) is 0 Å². The van der Waals surface area contributed by atoms with Gasteiger partial charge in [0.1, 0.15) is 0 Å². The first-order chi connectivity index (χ1) is 8.33. The van der Waals surface area contributed by atoms with E-state index in [0.717, 1.165) is 23.6 Å². The minimum atomic E-state index is 0.625. The van der Waals surface area contributed by atoms with Crippen LogP contribution in [0.25, 0.3) is 0 Å². The van der Waals surface area contributed by atoms with Crippen LogP contribution in [0.1, 0.15) is 51.9 Å². The quantitative estimate of drug-likeness (QED) is 0.832. The van der Waals surface area contributed by atoms with Crippen LogP contribution >= 0.6 is 11.8 Å². The summed E-state index contributed by atoms with van der Waals surface area (Å²) in [5.74, 6) is 1.86. The van der Waals surface area contributed by atoms with Crippen molar-refractivity contribution in [2.24, 2.45) is 16.8 Å². The van der Waals surface area contributed by atoms with Gasteiger partial charge in [-0.3, -0.25) is 4.99 Å². The molecule has 1 aliphatic heterocycles. The molecular formula is C14H24N2S. The molecule has 0 amide bonds. The monoisotopic (exact) mass is 252 g/mol. The molecule has 17 heavy (non-hydrogen) atoms. The average Bonchev–Trinajstić information content (AvgIpc) is 3.12. The van der Waals surface area contributed by atoms with Crippen molar-refractivity contribution in [2.45, 2.75) is 63.2 Å². The molecule has 0 spiro atoms. The van der Waals surface area contributed by atoms with Gasteiger partial charge in [-0.05, 0) is 44.4 Å². The molecule has 2 nitrogen and oxygen atoms in total. The van der Waals surface area contributed by atoms with Crippen molar-refractivity contribution < 1.29 is 0 Å². The van der Waals surface area contributed by atoms with Crippen molar-refractivity contribution in [3.8, 4) is 0 Å². The Kier molecular flexibility index (Phi) is 3.64. The number of amidine groups is 1. The maximum Gasteiger partial charge on any atom is 0.157 e. The van der Waals surface area contributed by atoms with Crippen LogP contribution in [0.4, 0.5) is 0 Å². The van der Waals surface area contributed by atoms with E-state index in [1.807, 2.05) is 11.8 Å². The van der Waals surface area contributed by atoms with Gasteiger partial charge in [0, 0.05) is 11.3 Å². The second kappa shape index (κ2) is 5.21. The van der Waals surface area contributed by atoms with Gasteiger partial charge in [-0.2, -0.15) is 0 Å². The van der Waals surface area contributed by atoms with Crippen molar-refractivity contribution in [2.75, 3.05) is 6.54 Å². The maximum atomic E-state index is 4.68. The molecule has 1 N–H and O–H groups in total. The molecule has 0 aromatic heterocycles. The zero-order chi connectivity index (χ0) is 11.7. The fourth-order valence-electron chi connectivity index (χ4n) is 3.13. The van der Waals surface area contributed by atoms with Gasteiger partial charge in [0.05, 0.1) is 6.54 Å². The van der Waals surface area contributed by atoms with E-state index < -0.39 is 0 Å². The van der Waals surface area contributed by atoms with E-state index in [-0.39, 0.29) is 0 Å². The first kappa shape index (κ1) is 11.9. The topological polar surface area (TPSA) is 24.4 Å². The molecule has 2 fully saturated rings. The van der Waals surface area contributed by atoms with Crippen LogP contribution < -0.4 is 5.32 Å². The van der Waals surface area contributed by atoms with Gasteiger partial charge in [-0.15, -0.1) is 0 Å². The average molecular weight is 252 g/mol. The summed E-state index contributed by atoms with van der Waals surface area (Å²) >= 11 is 2.01. The fourth-order valence-corrected chi connectivity index (χ4v) is 4.43. The zero-order valence-corrected chi connectivity index (χ0v) is 11.6. The molecule has 0 bridgehead atoms. The molecule has 1 heterocycles. The molecule has 0 aromatic carbocycles. The molecule has 2 saturated carbocycles. The predicted octanol–water partition coefficient (Wildman–Crippen LogP) is 3.43. The Hall–Kier alpha value is -0.180. The van der Waals surface area contributed by atoms with Crippen LogP contribution in [0.5, 0.6) is 0 Å². The third-order valence-electron chi connectivity index (χ3n) is 4.53. The van der Waals surface area contributed by atoms with E-state index in [2.05, 4.69) is 17.2 Å². The summed E-state index contributed by atoms with van der Waals surface area (Å²) in [6.45, 7) is 3.42. The van der Waals surface area contributed by atoms with Crippen LogP contribution in [0.2, 0.25) is 0 Å². The summed E-state index contributed by atoms with van der Waals surface area (Å²) in [5.41, 5.74) is 0. The second-order valence-electron chi connectivity index (χ2n) is 5.97. The highest BCUT2D eigenvalue weighted by atomic mass is 32.2. The number of rotatable bonds is 3. The summed E-state index contributed by atoms with van der Waals surface area (Å²) in [4.78, 5) is 4.68. The first-order valence-electron chi connectivity index (χ1n) is 7.30. The summed E-state index contributed by atoms with van der Waals surface area (Å²) in [5, 5.41) is 5.71. The van der Waals surface area contributed by atoms with Gasteiger partial charge in [0.25, 0.3) is 0 Å². The lowest BCUT2D eigenvalue weighted by atomic mass is 9.85. The van der Waals surface area contributed by atoms with Crippen LogP contribution in [0.15, 0.2) is 4.99 Å². The van der Waals surface area contributed by atoms with Crippen LogP contribution in [-0.2, 0) is 0 Å². The zero-order valence-electron chi connectivity index (χ0n) is 10.8. The highest BCUT2D eigenvalue weighted by Gasteiger charge is 2.35. The minimum absolute atomic E-state index is 0.625. The number of hydrogen-bond donors (Lipinski definition) is 1. The Balaban J connectivity index is 1.46. The lowest BCUT2D eigenvalue weighted by Gasteiger charge is -2.28. The Labute approximate surface area is 109 Å². The number of hydrogen-bond acceptors (Lipinski definition) is 3. The van der Waals surface area contributed by atoms with E-state index in [1.54, 1.807) is 0 Å². The molecule has 2 aliphatic carbocycles. The summed E-state index contributed by atoms with van der Waals surface area (Å²) in [7, 11) is 0. The van der Waals surface area contributed by atoms with Gasteiger partial charge in [-0.25, -0.2) is 0 Å². The normalized spacial score (nSPS) is 32.3. The SMILES string of the molecule is CC(NC1=NCC(C2CC2)S1)C1CCCCC1. The lowest BCUT2D eigenvalue weighted by Crippen LogP contribution is -2.37. The molecule has 3 rings (SSSR count). The van der Waals surface area contributed by atoms with Gasteiger partial charge in [0.15, 0.2) is 5.17 Å². The largest absolute Gasteiger partial charge is 0.362 e. The molecule has 0 radical (unpaired) electrons. The Bertz CT molecular complexity index is 293. The van der Waals surface area contributed by atoms with Gasteiger partial charge in [-0.1, -0.05) is 31.0 Å². The van der Waals surface area contributed by atoms with Crippen molar-refractivity contribution in [1.29, 1.82) is 0 Å². The molecule has 3 heteroatoms. The Morgan fingerprint density at radius 2 is 1.94 bits per heavy atom. The number of thioether (sulfide) groups is 1. The van der Waals surface area contributed by atoms with E-state index in [4.69, 9.17) is 0 Å². The van der Waals surface area contributed by atoms with E-state index >= 15 is 0 Å². The van der Waals surface area contributed by atoms with E-state index in [1.165, 1.54) is 50.1 Å². The molecular weight excluding hydrogens is 228 g/mol. The standard InChI is InChI=1S/C14H24N2S/c1-10(11-5-3-2-4-6-11)16-14-15-9-13(17-14)12-7-8-12/h10-13H,2-9H2,1H3,(H,15,16). The molecule has 2 unspecified atom stereocenters. The molecule has 0 aromatic rings. The van der Waals surface area contributed by atoms with Crippen LogP contribution in [0, 0.1) is 11.8 Å². The van der Waals surface area contributed by atoms with E-state index in [9.17, 15) is 0 Å². The number of nitrogens with one attached hydrogen (secondary N) is 1. The van der Waals surface area contributed by atoms with Crippen molar-refractivity contribution >= 4 is 16.9 Å². The molecule has 2 atom stereocenters. The molecule has 3 aliphatic rings. The Morgan fingerprint density at radius 1 is 1.18 bits per heavy atom. The van der Waals surface area contributed by atoms with Crippen LogP contribution in [0.3, 0.4) is 0 Å². The van der Waals surface area contributed by atoms with Gasteiger partial charge in [0.2, 0.25) is 0 Å². The van der Waals surface area contributed by atoms with Gasteiger partial charge < -0.3 is 5.32 Å². The van der Waals surface area contributed by atoms with Crippen molar-refractivity contribution in [1.82, 2.24) is 5.32 Å². The number of aliphatic imine (C=N–C) groups is 1. The third-order valence-corrected chi connectivity index (χ3v) is 5.84. The summed E-state index contributed by atoms with van der Waals surface area (Å²) in [6, 6.07) is 0.625. The summed E-state index contributed by atoms with van der Waals surface area (Å²) in [6.07, 6.45) is 10.0. The van der Waals surface area contributed by atoms with Crippen LogP contribution in [-0.4, -0.2) is 23.0 Å². The summed E-state index contributed by atoms with van der Waals surface area (Å²) < 4.78 is 0. The Morgan fingerprint density at radius 3 is 2.65 bits per heavy atom. The first-order valence-corrected chi connectivity index (χ1v) is 8.18. The molecule has 96 valence electrons. The lowest BCUT2D eigenvalue weighted by molar-refractivity contribution is 0.302.